The number of carbonyl (C=O) groups is 1. The van der Waals surface area contributed by atoms with E-state index in [-0.39, 0.29) is 29.2 Å². The number of H-pyrrole nitrogens is 1. The fourth-order valence-corrected chi connectivity index (χ4v) is 3.58. The number of methoxy groups -OCH3 is 1. The first-order valence-electron chi connectivity index (χ1n) is 10.9. The van der Waals surface area contributed by atoms with E-state index in [4.69, 9.17) is 19.3 Å². The van der Waals surface area contributed by atoms with Gasteiger partial charge in [0, 0.05) is 37.2 Å². The summed E-state index contributed by atoms with van der Waals surface area (Å²) in [5.74, 6) is 0.414. The van der Waals surface area contributed by atoms with Gasteiger partial charge in [-0.2, -0.15) is 0 Å². The predicted molar refractivity (Wildman–Crippen MR) is 129 cm³/mol. The van der Waals surface area contributed by atoms with E-state index in [9.17, 15) is 18.3 Å². The molecule has 13 heteroatoms. The molecule has 0 bridgehead atoms. The van der Waals surface area contributed by atoms with E-state index in [0.717, 1.165) is 12.5 Å². The molecule has 194 valence electrons. The van der Waals surface area contributed by atoms with E-state index in [0.29, 0.717) is 29.4 Å². The van der Waals surface area contributed by atoms with Gasteiger partial charge in [-0.15, -0.1) is 0 Å². The number of carbonyl (C=O) groups excluding carboxylic acids is 1. The highest BCUT2D eigenvalue weighted by molar-refractivity contribution is 7.90. The van der Waals surface area contributed by atoms with Crippen LogP contribution in [0, 0.1) is 0 Å². The molecule has 2 atom stereocenters. The third-order valence-electron chi connectivity index (χ3n) is 4.78. The molecule has 4 N–H and O–H groups in total. The van der Waals surface area contributed by atoms with E-state index >= 15 is 0 Å². The van der Waals surface area contributed by atoms with Crippen LogP contribution in [0.2, 0.25) is 0 Å². The van der Waals surface area contributed by atoms with Crippen LogP contribution in [0.15, 0.2) is 47.8 Å². The first-order valence-corrected chi connectivity index (χ1v) is 12.8. The van der Waals surface area contributed by atoms with Gasteiger partial charge in [-0.05, 0) is 31.2 Å². The van der Waals surface area contributed by atoms with Gasteiger partial charge in [-0.3, -0.25) is 4.79 Å². The summed E-state index contributed by atoms with van der Waals surface area (Å²) < 4.78 is 40.1. The number of hydrogen-bond acceptors (Lipinski definition) is 10. The largest absolute Gasteiger partial charge is 0.488 e. The van der Waals surface area contributed by atoms with Crippen molar-refractivity contribution in [2.45, 2.75) is 24.2 Å². The zero-order chi connectivity index (χ0) is 26.3. The second-order valence-electron chi connectivity index (χ2n) is 7.98. The van der Waals surface area contributed by atoms with Gasteiger partial charge in [0.1, 0.15) is 23.3 Å². The zero-order valence-electron chi connectivity index (χ0n) is 20.0. The maximum absolute atomic E-state index is 12.3. The van der Waals surface area contributed by atoms with Gasteiger partial charge in [0.25, 0.3) is 5.91 Å². The molecule has 0 spiro atoms. The number of aromatic nitrogens is 3. The smallest absolute Gasteiger partial charge is 0.267 e. The molecule has 0 unspecified atom stereocenters. The Balaban J connectivity index is 1.88. The summed E-state index contributed by atoms with van der Waals surface area (Å²) in [6.45, 7) is 1.63. The highest BCUT2D eigenvalue weighted by atomic mass is 32.2. The van der Waals surface area contributed by atoms with Gasteiger partial charge in [0.2, 0.25) is 5.88 Å². The highest BCUT2D eigenvalue weighted by Gasteiger charge is 2.15. The summed E-state index contributed by atoms with van der Waals surface area (Å²) in [6, 6.07) is 8.34. The molecule has 0 fully saturated rings. The van der Waals surface area contributed by atoms with E-state index in [2.05, 4.69) is 20.3 Å². The summed E-state index contributed by atoms with van der Waals surface area (Å²) >= 11 is 0. The van der Waals surface area contributed by atoms with E-state index in [1.54, 1.807) is 37.4 Å². The fraction of sp³-hybridized carbons (Fsp3) is 0.348. The van der Waals surface area contributed by atoms with Crippen LogP contribution in [0.3, 0.4) is 0 Å². The van der Waals surface area contributed by atoms with Crippen LogP contribution in [-0.2, 0) is 14.6 Å². The number of benzene rings is 1. The minimum atomic E-state index is -3.50. The molecule has 0 saturated carbocycles. The van der Waals surface area contributed by atoms with Gasteiger partial charge >= 0.3 is 0 Å². The number of rotatable bonds is 12. The fourth-order valence-electron chi connectivity index (χ4n) is 3.09. The lowest BCUT2D eigenvalue weighted by atomic mass is 10.1. The molecule has 0 radical (unpaired) electrons. The summed E-state index contributed by atoms with van der Waals surface area (Å²) in [4.78, 5) is 23.2. The maximum Gasteiger partial charge on any atom is 0.267 e. The Morgan fingerprint density at radius 1 is 1.17 bits per heavy atom. The monoisotopic (exact) mass is 520 g/mol. The number of aliphatic hydroxyl groups excluding tert-OH is 2. The Labute approximate surface area is 208 Å². The van der Waals surface area contributed by atoms with Crippen LogP contribution in [0.25, 0.3) is 11.3 Å². The molecule has 1 aromatic carbocycles. The van der Waals surface area contributed by atoms with Crippen LogP contribution in [0.5, 0.6) is 17.4 Å². The van der Waals surface area contributed by atoms with Crippen LogP contribution >= 0.6 is 0 Å². The normalized spacial score (nSPS) is 13.1. The average molecular weight is 521 g/mol. The number of aliphatic hydroxyl groups is 2. The molecule has 0 aliphatic rings. The Morgan fingerprint density at radius 3 is 2.56 bits per heavy atom. The molecule has 3 aromatic rings. The molecule has 2 heterocycles. The molecular formula is C23H28N4O8S. The van der Waals surface area contributed by atoms with Gasteiger partial charge in [0.05, 0.1) is 31.7 Å². The minimum absolute atomic E-state index is 0.0735. The van der Waals surface area contributed by atoms with E-state index < -0.39 is 28.5 Å². The van der Waals surface area contributed by atoms with E-state index in [1.807, 2.05) is 6.92 Å². The Hall–Kier alpha value is -3.52. The molecular weight excluding hydrogens is 492 g/mol. The topological polar surface area (TPSA) is 173 Å². The Morgan fingerprint density at radius 2 is 1.92 bits per heavy atom. The van der Waals surface area contributed by atoms with Crippen molar-refractivity contribution in [2.75, 3.05) is 33.1 Å². The first kappa shape index (κ1) is 27.1. The molecule has 36 heavy (non-hydrogen) atoms. The lowest BCUT2D eigenvalue weighted by Gasteiger charge is -2.16. The van der Waals surface area contributed by atoms with Crippen molar-refractivity contribution in [3.8, 4) is 28.6 Å². The molecule has 1 amide bonds. The predicted octanol–water partition coefficient (Wildman–Crippen LogP) is 1.16. The molecule has 2 aromatic heterocycles. The Kier molecular flexibility index (Phi) is 8.98. The summed E-state index contributed by atoms with van der Waals surface area (Å²) in [5.41, 5.74) is 1.46. The van der Waals surface area contributed by atoms with Crippen molar-refractivity contribution in [1.82, 2.24) is 20.3 Å². The number of sulfone groups is 1. The third kappa shape index (κ3) is 7.49. The molecule has 3 rings (SSSR count). The molecule has 0 saturated heterocycles. The van der Waals surface area contributed by atoms with Crippen LogP contribution in [0.4, 0.5) is 0 Å². The van der Waals surface area contributed by atoms with Crippen LogP contribution < -0.4 is 14.8 Å². The number of hydrogen-bond donors (Lipinski definition) is 4. The quantitative estimate of drug-likeness (QED) is 0.271. The second kappa shape index (κ2) is 11.9. The van der Waals surface area contributed by atoms with Crippen molar-refractivity contribution in [2.24, 2.45) is 0 Å². The average Bonchev–Trinajstić information content (AvgIpc) is 3.32. The number of aromatic amines is 1. The number of ether oxygens (including phenoxy) is 3. The SMILES string of the molecule is COC[C@H](C)Oc1cc(Oc2cnc(S(C)(=O)=O)cn2)cc(-c2ccc(C(=O)NC[C@H](O)CO)[nH]2)c1. The van der Waals surface area contributed by atoms with Crippen molar-refractivity contribution < 1.29 is 37.6 Å². The standard InChI is InChI=1S/C23H28N4O8S/c1-14(13-33-2)34-17-6-15(19-4-5-20(27-19)23(30)26-9-16(29)12-28)7-18(8-17)35-21-10-25-22(11-24-21)36(3,31)32/h4-8,10-11,14,16,27-29H,9,12-13H2,1-3H3,(H,26,30)/t14-,16-/m0/s1. The minimum Gasteiger partial charge on any atom is -0.488 e. The summed E-state index contributed by atoms with van der Waals surface area (Å²) in [7, 11) is -1.94. The number of amides is 1. The highest BCUT2D eigenvalue weighted by Crippen LogP contribution is 2.32. The summed E-state index contributed by atoms with van der Waals surface area (Å²) in [6.07, 6.45) is 2.02. The van der Waals surface area contributed by atoms with Crippen molar-refractivity contribution >= 4 is 15.7 Å². The van der Waals surface area contributed by atoms with Crippen molar-refractivity contribution in [1.29, 1.82) is 0 Å². The van der Waals surface area contributed by atoms with Crippen LogP contribution in [-0.4, -0.2) is 84.8 Å². The zero-order valence-corrected chi connectivity index (χ0v) is 20.8. The molecule has 0 aliphatic heterocycles. The van der Waals surface area contributed by atoms with Gasteiger partial charge < -0.3 is 34.7 Å². The second-order valence-corrected chi connectivity index (χ2v) is 9.94. The lowest BCUT2D eigenvalue weighted by Crippen LogP contribution is -2.34. The van der Waals surface area contributed by atoms with Gasteiger partial charge in [0.15, 0.2) is 14.9 Å². The Bertz CT molecular complexity index is 1280. The molecule has 0 aliphatic carbocycles. The first-order chi connectivity index (χ1) is 17.1. The van der Waals surface area contributed by atoms with Crippen molar-refractivity contribution in [3.05, 3.63) is 48.4 Å². The van der Waals surface area contributed by atoms with Gasteiger partial charge in [-0.25, -0.2) is 18.4 Å². The van der Waals surface area contributed by atoms with Crippen LogP contribution in [0.1, 0.15) is 17.4 Å². The van der Waals surface area contributed by atoms with Crippen molar-refractivity contribution in [3.63, 3.8) is 0 Å². The van der Waals surface area contributed by atoms with E-state index in [1.165, 1.54) is 6.20 Å². The lowest BCUT2D eigenvalue weighted by molar-refractivity contribution is 0.0799. The number of nitrogens with zero attached hydrogens (tertiary/aromatic N) is 2. The number of nitrogens with one attached hydrogen (secondary N) is 2. The van der Waals surface area contributed by atoms with Gasteiger partial charge in [-0.1, -0.05) is 0 Å². The third-order valence-corrected chi connectivity index (χ3v) is 5.75. The summed E-state index contributed by atoms with van der Waals surface area (Å²) in [5, 5.41) is 20.7. The molecule has 12 nitrogen and oxygen atoms in total. The maximum atomic E-state index is 12.3.